The van der Waals surface area contributed by atoms with Crippen LogP contribution in [-0.2, 0) is 0 Å². The summed E-state index contributed by atoms with van der Waals surface area (Å²) in [5.74, 6) is 2.98. The quantitative estimate of drug-likeness (QED) is 0.288. The van der Waals surface area contributed by atoms with Crippen molar-refractivity contribution < 1.29 is 14.2 Å². The first kappa shape index (κ1) is 25.3. The van der Waals surface area contributed by atoms with Crippen LogP contribution in [0.5, 0.6) is 23.1 Å². The molecule has 2 heterocycles. The van der Waals surface area contributed by atoms with Crippen LogP contribution in [0.1, 0.15) is 39.3 Å². The van der Waals surface area contributed by atoms with Crippen molar-refractivity contribution in [1.82, 2.24) is 20.3 Å². The Kier molecular flexibility index (Phi) is 9.10. The van der Waals surface area contributed by atoms with Gasteiger partial charge in [-0.25, -0.2) is 9.97 Å². The molecule has 1 atom stereocenters. The lowest BCUT2D eigenvalue weighted by molar-refractivity contribution is 0.227. The van der Waals surface area contributed by atoms with Crippen LogP contribution in [0.15, 0.2) is 42.7 Å². The summed E-state index contributed by atoms with van der Waals surface area (Å²) in [6.07, 6.45) is 3.63. The molecule has 0 saturated heterocycles. The van der Waals surface area contributed by atoms with Crippen molar-refractivity contribution in [2.75, 3.05) is 27.3 Å². The molecule has 34 heavy (non-hydrogen) atoms. The number of rotatable bonds is 10. The van der Waals surface area contributed by atoms with Gasteiger partial charge in [-0.05, 0) is 63.2 Å². The topological polar surface area (TPSA) is 81.3 Å². The van der Waals surface area contributed by atoms with E-state index in [4.69, 9.17) is 14.2 Å². The summed E-state index contributed by atoms with van der Waals surface area (Å²) in [5.41, 5.74) is 2.93. The highest BCUT2D eigenvalue weighted by molar-refractivity contribution is 5.87. The minimum absolute atomic E-state index is 0.471. The first-order valence-electron chi connectivity index (χ1n) is 12.0. The fourth-order valence-electron chi connectivity index (χ4n) is 3.79. The van der Waals surface area contributed by atoms with Crippen LogP contribution in [0.3, 0.4) is 0 Å². The van der Waals surface area contributed by atoms with Gasteiger partial charge in [0, 0.05) is 22.7 Å². The van der Waals surface area contributed by atoms with Gasteiger partial charge in [-0.1, -0.05) is 27.2 Å². The van der Waals surface area contributed by atoms with Crippen molar-refractivity contribution in [1.29, 1.82) is 0 Å². The van der Waals surface area contributed by atoms with Crippen LogP contribution in [0.25, 0.3) is 21.8 Å². The van der Waals surface area contributed by atoms with E-state index >= 15 is 0 Å². The van der Waals surface area contributed by atoms with E-state index in [2.05, 4.69) is 33.3 Å². The van der Waals surface area contributed by atoms with Gasteiger partial charge in [-0.15, -0.1) is 0 Å². The number of hydrogen-bond donors (Lipinski definition) is 2. The summed E-state index contributed by atoms with van der Waals surface area (Å²) in [6.45, 7) is 9.82. The molecule has 0 aliphatic rings. The van der Waals surface area contributed by atoms with Gasteiger partial charge >= 0.3 is 0 Å². The molecule has 4 aromatic rings. The van der Waals surface area contributed by atoms with E-state index in [0.717, 1.165) is 46.9 Å². The van der Waals surface area contributed by atoms with E-state index in [9.17, 15) is 0 Å². The van der Waals surface area contributed by atoms with Gasteiger partial charge in [0.2, 0.25) is 5.88 Å². The highest BCUT2D eigenvalue weighted by Gasteiger charge is 2.15. The number of benzene rings is 2. The molecule has 1 unspecified atom stereocenters. The van der Waals surface area contributed by atoms with Crippen LogP contribution in [0.2, 0.25) is 0 Å². The van der Waals surface area contributed by atoms with Crippen LogP contribution in [0, 0.1) is 12.8 Å². The van der Waals surface area contributed by atoms with Gasteiger partial charge in [-0.2, -0.15) is 0 Å². The highest BCUT2D eigenvalue weighted by atomic mass is 16.5. The molecule has 7 nitrogen and oxygen atoms in total. The Bertz CT molecular complexity index is 1210. The van der Waals surface area contributed by atoms with Crippen molar-refractivity contribution >= 4 is 21.8 Å². The van der Waals surface area contributed by atoms with Crippen molar-refractivity contribution in [2.45, 2.75) is 40.5 Å². The Morgan fingerprint density at radius 1 is 1.06 bits per heavy atom. The molecule has 182 valence electrons. The average Bonchev–Trinajstić information content (AvgIpc) is 3.24. The molecular weight excluding hydrogens is 428 g/mol. The van der Waals surface area contributed by atoms with Gasteiger partial charge in [0.05, 0.1) is 24.6 Å². The maximum Gasteiger partial charge on any atom is 0.230 e. The Morgan fingerprint density at radius 3 is 2.62 bits per heavy atom. The Labute approximate surface area is 201 Å². The van der Waals surface area contributed by atoms with E-state index < -0.39 is 0 Å². The smallest absolute Gasteiger partial charge is 0.230 e. The third-order valence-corrected chi connectivity index (χ3v) is 5.68. The third-order valence-electron chi connectivity index (χ3n) is 5.68. The SMILES string of the molecule is CC.CCC(CCNC)COc1cc2ncnc(Oc3ccc4[nH]c(C)cc4c3)c2cc1OC. The van der Waals surface area contributed by atoms with E-state index in [1.807, 2.05) is 58.2 Å². The molecule has 2 N–H and O–H groups in total. The van der Waals surface area contributed by atoms with Crippen molar-refractivity contribution in [3.63, 3.8) is 0 Å². The van der Waals surface area contributed by atoms with Gasteiger partial charge in [-0.3, -0.25) is 0 Å². The number of aryl methyl sites for hydroxylation is 1. The molecule has 0 aliphatic heterocycles. The number of aromatic amines is 1. The Balaban J connectivity index is 0.00000158. The second kappa shape index (κ2) is 12.2. The van der Waals surface area contributed by atoms with Crippen LogP contribution < -0.4 is 19.5 Å². The van der Waals surface area contributed by atoms with Gasteiger partial charge in [0.15, 0.2) is 11.5 Å². The molecule has 7 heteroatoms. The predicted octanol–water partition coefficient (Wildman–Crippen LogP) is 6.26. The maximum atomic E-state index is 6.14. The summed E-state index contributed by atoms with van der Waals surface area (Å²) in [6, 6.07) is 11.8. The van der Waals surface area contributed by atoms with E-state index in [0.29, 0.717) is 35.7 Å². The lowest BCUT2D eigenvalue weighted by Crippen LogP contribution is -2.18. The lowest BCUT2D eigenvalue weighted by Gasteiger charge is -2.18. The van der Waals surface area contributed by atoms with Crippen molar-refractivity contribution in [3.05, 3.63) is 48.4 Å². The summed E-state index contributed by atoms with van der Waals surface area (Å²) < 4.78 is 17.9. The fraction of sp³-hybridized carbons (Fsp3) is 0.407. The van der Waals surface area contributed by atoms with Gasteiger partial charge in [0.25, 0.3) is 0 Å². The number of ether oxygens (including phenoxy) is 3. The van der Waals surface area contributed by atoms with E-state index in [1.54, 1.807) is 7.11 Å². The summed E-state index contributed by atoms with van der Waals surface area (Å²) in [7, 11) is 3.61. The number of fused-ring (bicyclic) bond motifs is 2. The molecule has 2 aromatic heterocycles. The Morgan fingerprint density at radius 2 is 1.88 bits per heavy atom. The zero-order valence-electron chi connectivity index (χ0n) is 21.1. The zero-order chi connectivity index (χ0) is 24.5. The van der Waals surface area contributed by atoms with Gasteiger partial charge < -0.3 is 24.5 Å². The molecule has 4 rings (SSSR count). The van der Waals surface area contributed by atoms with E-state index in [-0.39, 0.29) is 0 Å². The fourth-order valence-corrected chi connectivity index (χ4v) is 3.79. The largest absolute Gasteiger partial charge is 0.493 e. The first-order chi connectivity index (χ1) is 16.6. The third kappa shape index (κ3) is 5.97. The predicted molar refractivity (Wildman–Crippen MR) is 138 cm³/mol. The number of nitrogens with zero attached hydrogens (tertiary/aromatic N) is 2. The van der Waals surface area contributed by atoms with Crippen LogP contribution in [0.4, 0.5) is 0 Å². The molecule has 0 saturated carbocycles. The minimum Gasteiger partial charge on any atom is -0.493 e. The molecule has 0 bridgehead atoms. The van der Waals surface area contributed by atoms with Crippen LogP contribution >= 0.6 is 0 Å². The molecule has 0 fully saturated rings. The number of aromatic nitrogens is 3. The molecular formula is C27H36N4O3. The van der Waals surface area contributed by atoms with Gasteiger partial charge in [0.1, 0.15) is 12.1 Å². The molecule has 2 aromatic carbocycles. The normalized spacial score (nSPS) is 11.7. The second-order valence-corrected chi connectivity index (χ2v) is 7.98. The number of nitrogens with one attached hydrogen (secondary N) is 2. The maximum absolute atomic E-state index is 6.14. The number of methoxy groups -OCH3 is 1. The number of hydrogen-bond acceptors (Lipinski definition) is 6. The number of H-pyrrole nitrogens is 1. The highest BCUT2D eigenvalue weighted by Crippen LogP contribution is 2.36. The monoisotopic (exact) mass is 464 g/mol. The molecule has 0 spiro atoms. The zero-order valence-corrected chi connectivity index (χ0v) is 21.1. The van der Waals surface area contributed by atoms with Crippen molar-refractivity contribution in [2.24, 2.45) is 5.92 Å². The van der Waals surface area contributed by atoms with Crippen LogP contribution in [-0.4, -0.2) is 42.3 Å². The molecule has 0 amide bonds. The first-order valence-corrected chi connectivity index (χ1v) is 12.0. The summed E-state index contributed by atoms with van der Waals surface area (Å²) in [5, 5.41) is 5.06. The van der Waals surface area contributed by atoms with E-state index in [1.165, 1.54) is 6.33 Å². The summed E-state index contributed by atoms with van der Waals surface area (Å²) >= 11 is 0. The average molecular weight is 465 g/mol. The molecule has 0 aliphatic carbocycles. The lowest BCUT2D eigenvalue weighted by atomic mass is 10.0. The second-order valence-electron chi connectivity index (χ2n) is 7.98. The summed E-state index contributed by atoms with van der Waals surface area (Å²) in [4.78, 5) is 12.1. The van der Waals surface area contributed by atoms with Crippen molar-refractivity contribution in [3.8, 4) is 23.1 Å². The molecule has 0 radical (unpaired) electrons. The minimum atomic E-state index is 0.471. The Hall–Kier alpha value is -3.32. The standard InChI is InChI=1S/C25H30N4O3.C2H6/c1-5-17(8-9-26-3)14-31-24-13-22-20(12-23(24)30-4)25(28-15-27-22)32-19-6-7-21-18(11-19)10-16(2)29-21;1-2/h6-7,10-13,15,17,26,29H,5,8-9,14H2,1-4H3;1-2H3.